The standard InChI is InChI=1S/C17H13F3N4O/c1-10-4-3-5-11-9-21-24(14(10)11)16-15(17(18,19)20)22-13-8-12(25-2)6-7-23(13)16/h3-9H,1-2H3. The van der Waals surface area contributed by atoms with E-state index in [-0.39, 0.29) is 11.5 Å². The highest BCUT2D eigenvalue weighted by atomic mass is 19.4. The van der Waals surface area contributed by atoms with Crippen molar-refractivity contribution in [2.24, 2.45) is 0 Å². The van der Waals surface area contributed by atoms with Gasteiger partial charge in [0.1, 0.15) is 11.4 Å². The Kier molecular flexibility index (Phi) is 3.24. The van der Waals surface area contributed by atoms with E-state index < -0.39 is 11.9 Å². The van der Waals surface area contributed by atoms with Crippen LogP contribution < -0.4 is 4.74 Å². The Bertz CT molecular complexity index is 1090. The fourth-order valence-electron chi connectivity index (χ4n) is 2.95. The molecule has 0 aliphatic heterocycles. The molecule has 1 aromatic carbocycles. The van der Waals surface area contributed by atoms with Gasteiger partial charge in [-0.15, -0.1) is 0 Å². The van der Waals surface area contributed by atoms with Crippen LogP contribution in [0.1, 0.15) is 11.3 Å². The first kappa shape index (κ1) is 15.5. The number of benzene rings is 1. The molecule has 3 aromatic heterocycles. The summed E-state index contributed by atoms with van der Waals surface area (Å²) in [5, 5.41) is 4.95. The number of methoxy groups -OCH3 is 1. The molecule has 0 saturated carbocycles. The molecule has 0 atom stereocenters. The van der Waals surface area contributed by atoms with Crippen molar-refractivity contribution < 1.29 is 17.9 Å². The monoisotopic (exact) mass is 346 g/mol. The number of halogens is 3. The molecule has 0 aliphatic rings. The zero-order chi connectivity index (χ0) is 17.8. The molecule has 0 aliphatic carbocycles. The van der Waals surface area contributed by atoms with E-state index in [9.17, 15) is 13.2 Å². The van der Waals surface area contributed by atoms with E-state index in [1.165, 1.54) is 28.5 Å². The van der Waals surface area contributed by atoms with Crippen molar-refractivity contribution in [3.63, 3.8) is 0 Å². The molecule has 4 aromatic rings. The van der Waals surface area contributed by atoms with Crippen LogP contribution in [-0.2, 0) is 6.18 Å². The maximum atomic E-state index is 13.6. The number of ether oxygens (including phenoxy) is 1. The van der Waals surface area contributed by atoms with Crippen molar-refractivity contribution in [2.45, 2.75) is 13.1 Å². The molecule has 0 amide bonds. The Labute approximate surface area is 140 Å². The lowest BCUT2D eigenvalue weighted by molar-refractivity contribution is -0.140. The molecule has 25 heavy (non-hydrogen) atoms. The summed E-state index contributed by atoms with van der Waals surface area (Å²) in [5.41, 5.74) is 0.588. The van der Waals surface area contributed by atoms with Gasteiger partial charge in [0.2, 0.25) is 0 Å². The van der Waals surface area contributed by atoms with Crippen LogP contribution in [0.15, 0.2) is 42.7 Å². The van der Waals surface area contributed by atoms with Gasteiger partial charge in [-0.25, -0.2) is 9.67 Å². The molecule has 4 rings (SSSR count). The maximum Gasteiger partial charge on any atom is 0.437 e. The van der Waals surface area contributed by atoms with Crippen molar-refractivity contribution in [2.75, 3.05) is 7.11 Å². The number of aromatic nitrogens is 4. The van der Waals surface area contributed by atoms with Crippen LogP contribution in [0.2, 0.25) is 0 Å². The van der Waals surface area contributed by atoms with Gasteiger partial charge in [0, 0.05) is 17.6 Å². The largest absolute Gasteiger partial charge is 0.497 e. The minimum atomic E-state index is -4.62. The second kappa shape index (κ2) is 5.23. The van der Waals surface area contributed by atoms with Crippen LogP contribution in [0.3, 0.4) is 0 Å². The average molecular weight is 346 g/mol. The molecule has 0 fully saturated rings. The van der Waals surface area contributed by atoms with Gasteiger partial charge in [0.05, 0.1) is 18.8 Å². The minimum absolute atomic E-state index is 0.138. The van der Waals surface area contributed by atoms with E-state index in [0.29, 0.717) is 11.3 Å². The minimum Gasteiger partial charge on any atom is -0.497 e. The number of pyridine rings is 1. The fraction of sp³-hybridized carbons (Fsp3) is 0.176. The van der Waals surface area contributed by atoms with Gasteiger partial charge in [-0.05, 0) is 18.6 Å². The van der Waals surface area contributed by atoms with E-state index in [0.717, 1.165) is 10.9 Å². The Morgan fingerprint density at radius 1 is 1.16 bits per heavy atom. The number of hydrogen-bond acceptors (Lipinski definition) is 3. The summed E-state index contributed by atoms with van der Waals surface area (Å²) in [7, 11) is 1.45. The molecule has 0 bridgehead atoms. The normalized spacial score (nSPS) is 12.2. The van der Waals surface area contributed by atoms with Crippen LogP contribution in [0.4, 0.5) is 13.2 Å². The quantitative estimate of drug-likeness (QED) is 0.551. The van der Waals surface area contributed by atoms with Gasteiger partial charge in [-0.2, -0.15) is 18.3 Å². The maximum absolute atomic E-state index is 13.6. The Hall–Kier alpha value is -3.03. The molecule has 0 spiro atoms. The van der Waals surface area contributed by atoms with Gasteiger partial charge in [-0.3, -0.25) is 4.40 Å². The summed E-state index contributed by atoms with van der Waals surface area (Å²) < 4.78 is 48.6. The molecule has 0 N–H and O–H groups in total. The Morgan fingerprint density at radius 2 is 1.96 bits per heavy atom. The van der Waals surface area contributed by atoms with Crippen molar-refractivity contribution in [3.8, 4) is 11.6 Å². The topological polar surface area (TPSA) is 44.4 Å². The van der Waals surface area contributed by atoms with Gasteiger partial charge < -0.3 is 4.74 Å². The number of aryl methyl sites for hydroxylation is 1. The van der Waals surface area contributed by atoms with Crippen LogP contribution in [0, 0.1) is 6.92 Å². The second-order valence-electron chi connectivity index (χ2n) is 5.65. The third kappa shape index (κ3) is 2.33. The lowest BCUT2D eigenvalue weighted by Crippen LogP contribution is -2.12. The van der Waals surface area contributed by atoms with Crippen LogP contribution in [-0.4, -0.2) is 26.3 Å². The van der Waals surface area contributed by atoms with Crippen molar-refractivity contribution in [1.29, 1.82) is 0 Å². The number of alkyl halides is 3. The first-order valence-electron chi connectivity index (χ1n) is 7.47. The number of nitrogens with zero attached hydrogens (tertiary/aromatic N) is 4. The summed E-state index contributed by atoms with van der Waals surface area (Å²) in [6, 6.07) is 8.52. The molecular weight excluding hydrogens is 333 g/mol. The third-order valence-electron chi connectivity index (χ3n) is 4.07. The zero-order valence-corrected chi connectivity index (χ0v) is 13.4. The molecule has 0 radical (unpaired) electrons. The number of rotatable bonds is 2. The van der Waals surface area contributed by atoms with E-state index in [1.54, 1.807) is 12.3 Å². The number of fused-ring (bicyclic) bond motifs is 2. The Morgan fingerprint density at radius 3 is 2.68 bits per heavy atom. The summed E-state index contributed by atoms with van der Waals surface area (Å²) in [5.74, 6) is 0.286. The summed E-state index contributed by atoms with van der Waals surface area (Å²) in [6.45, 7) is 1.83. The summed E-state index contributed by atoms with van der Waals surface area (Å²) >= 11 is 0. The number of para-hydroxylation sites is 1. The van der Waals surface area contributed by atoms with Gasteiger partial charge in [0.15, 0.2) is 11.5 Å². The molecule has 0 saturated heterocycles. The lowest BCUT2D eigenvalue weighted by Gasteiger charge is -2.10. The average Bonchev–Trinajstić information content (AvgIpc) is 3.15. The fourth-order valence-corrected chi connectivity index (χ4v) is 2.95. The predicted molar refractivity (Wildman–Crippen MR) is 86.1 cm³/mol. The number of imidazole rings is 1. The van der Waals surface area contributed by atoms with E-state index in [2.05, 4.69) is 10.1 Å². The highest BCUT2D eigenvalue weighted by Gasteiger charge is 2.39. The zero-order valence-electron chi connectivity index (χ0n) is 13.4. The van der Waals surface area contributed by atoms with Crippen molar-refractivity contribution in [1.82, 2.24) is 19.2 Å². The van der Waals surface area contributed by atoms with E-state index in [1.807, 2.05) is 25.1 Å². The summed E-state index contributed by atoms with van der Waals surface area (Å²) in [4.78, 5) is 3.78. The highest BCUT2D eigenvalue weighted by Crippen LogP contribution is 2.35. The lowest BCUT2D eigenvalue weighted by atomic mass is 10.2. The molecule has 8 heteroatoms. The molecule has 0 unspecified atom stereocenters. The predicted octanol–water partition coefficient (Wildman–Crippen LogP) is 4.01. The smallest absolute Gasteiger partial charge is 0.437 e. The second-order valence-corrected chi connectivity index (χ2v) is 5.65. The number of hydrogen-bond donors (Lipinski definition) is 0. The van der Waals surface area contributed by atoms with Crippen LogP contribution in [0.25, 0.3) is 22.4 Å². The molecular formula is C17H13F3N4O. The SMILES string of the molecule is COc1ccn2c(-n3ncc4cccc(C)c43)c(C(F)(F)F)nc2c1. The highest BCUT2D eigenvalue weighted by molar-refractivity contribution is 5.83. The first-order valence-corrected chi connectivity index (χ1v) is 7.47. The van der Waals surface area contributed by atoms with Crippen molar-refractivity contribution >= 4 is 16.6 Å². The van der Waals surface area contributed by atoms with Crippen LogP contribution in [0.5, 0.6) is 5.75 Å². The first-order chi connectivity index (χ1) is 11.9. The Balaban J connectivity index is 2.12. The molecule has 5 nitrogen and oxygen atoms in total. The van der Waals surface area contributed by atoms with E-state index in [4.69, 9.17) is 4.74 Å². The molecule has 3 heterocycles. The van der Waals surface area contributed by atoms with Gasteiger partial charge >= 0.3 is 6.18 Å². The summed E-state index contributed by atoms with van der Waals surface area (Å²) in [6.07, 6.45) is -1.57. The third-order valence-corrected chi connectivity index (χ3v) is 4.07. The van der Waals surface area contributed by atoms with Crippen LogP contribution >= 0.6 is 0 Å². The van der Waals surface area contributed by atoms with Crippen molar-refractivity contribution in [3.05, 3.63) is 54.0 Å². The van der Waals surface area contributed by atoms with Gasteiger partial charge in [0.25, 0.3) is 0 Å². The van der Waals surface area contributed by atoms with E-state index >= 15 is 0 Å². The molecule has 128 valence electrons. The van der Waals surface area contributed by atoms with Gasteiger partial charge in [-0.1, -0.05) is 18.2 Å².